The Morgan fingerprint density at radius 1 is 1.03 bits per heavy atom. The van der Waals surface area contributed by atoms with Crippen molar-refractivity contribution in [2.75, 3.05) is 88.2 Å². The standard InChI is InChI=1S/C41H54ClFN8O7S2/c1-26-20-28(22-30(43)21-26)32-24-45-39(37(38(32)51-10-6-31(44)7-11-51)40-48-33-5-4-29(42)23-34(33)49-40)47-25-46-35(52)8-12-56-13-14-57-15-16-58-17-19-60-59-18-9-36(53)50(3)27(2)41(54)55/h4-5,20-24,27,31H,6-19,25,44H2,1-3H3,(H,45,47)(H,46,52)(H,48,49)(H,54,55). The molecule has 2 aromatic carbocycles. The van der Waals surface area contributed by atoms with Crippen molar-refractivity contribution in [2.24, 2.45) is 5.73 Å². The topological polar surface area (TPSA) is 197 Å². The molecule has 0 spiro atoms. The molecule has 19 heteroatoms. The number of pyridine rings is 1. The number of carbonyl (C=O) groups is 3. The number of carboxylic acids is 1. The van der Waals surface area contributed by atoms with Gasteiger partial charge in [-0.3, -0.25) is 9.59 Å². The van der Waals surface area contributed by atoms with Gasteiger partial charge in [-0.2, -0.15) is 0 Å². The number of imidazole rings is 1. The highest BCUT2D eigenvalue weighted by Gasteiger charge is 2.28. The number of aliphatic carboxylic acids is 1. The van der Waals surface area contributed by atoms with Crippen LogP contribution in [0, 0.1) is 12.7 Å². The van der Waals surface area contributed by atoms with E-state index in [9.17, 15) is 18.8 Å². The second-order valence-corrected chi connectivity index (χ2v) is 17.4. The number of nitrogens with zero attached hydrogens (tertiary/aromatic N) is 4. The van der Waals surface area contributed by atoms with Crippen molar-refractivity contribution < 1.29 is 38.1 Å². The van der Waals surface area contributed by atoms with Gasteiger partial charge < -0.3 is 50.5 Å². The highest BCUT2D eigenvalue weighted by atomic mass is 35.5. The summed E-state index contributed by atoms with van der Waals surface area (Å²) in [6.07, 6.45) is 3.72. The molecule has 5 rings (SSSR count). The number of carbonyl (C=O) groups excluding carboxylic acids is 2. The van der Waals surface area contributed by atoms with Crippen LogP contribution in [-0.4, -0.2) is 133 Å². The number of aromatic amines is 1. The zero-order valence-corrected chi connectivity index (χ0v) is 36.5. The van der Waals surface area contributed by atoms with E-state index in [0.717, 1.165) is 46.4 Å². The van der Waals surface area contributed by atoms with Gasteiger partial charge in [0.25, 0.3) is 0 Å². The molecule has 0 saturated carbocycles. The number of halogens is 2. The van der Waals surface area contributed by atoms with Gasteiger partial charge in [0.1, 0.15) is 23.5 Å². The van der Waals surface area contributed by atoms with Crippen LogP contribution in [0.15, 0.2) is 42.6 Å². The van der Waals surface area contributed by atoms with Gasteiger partial charge in [-0.15, -0.1) is 0 Å². The zero-order valence-electron chi connectivity index (χ0n) is 34.1. The number of aromatic nitrogens is 3. The van der Waals surface area contributed by atoms with Gasteiger partial charge in [0.15, 0.2) is 0 Å². The second-order valence-electron chi connectivity index (χ2n) is 14.3. The van der Waals surface area contributed by atoms with E-state index in [-0.39, 0.29) is 49.8 Å². The second kappa shape index (κ2) is 23.7. The maximum absolute atomic E-state index is 14.8. The number of benzene rings is 2. The van der Waals surface area contributed by atoms with Crippen LogP contribution >= 0.6 is 33.2 Å². The van der Waals surface area contributed by atoms with Gasteiger partial charge in [0.2, 0.25) is 11.8 Å². The summed E-state index contributed by atoms with van der Waals surface area (Å²) in [6, 6.07) is 9.61. The first kappa shape index (κ1) is 46.9. The maximum Gasteiger partial charge on any atom is 0.326 e. The largest absolute Gasteiger partial charge is 0.480 e. The van der Waals surface area contributed by atoms with Gasteiger partial charge in [-0.05, 0) is 68.1 Å². The van der Waals surface area contributed by atoms with Crippen molar-refractivity contribution in [3.05, 3.63) is 59.0 Å². The number of H-pyrrole nitrogens is 1. The molecule has 15 nitrogen and oxygen atoms in total. The van der Waals surface area contributed by atoms with Crippen LogP contribution in [0.2, 0.25) is 5.02 Å². The number of rotatable bonds is 24. The van der Waals surface area contributed by atoms with Crippen LogP contribution in [-0.2, 0) is 28.6 Å². The van der Waals surface area contributed by atoms with Crippen molar-refractivity contribution in [1.82, 2.24) is 25.2 Å². The monoisotopic (exact) mass is 888 g/mol. The SMILES string of the molecule is Cc1cc(F)cc(-c2cnc(NCNC(=O)CCOCCOCCOCCSSCCC(=O)N(C)C(C)C(=O)O)c(-c3nc4ccc(Cl)cc4[nH]3)c2N2CCC(N)CC2)c1. The number of nitrogens with two attached hydrogens (primary N) is 1. The summed E-state index contributed by atoms with van der Waals surface area (Å²) in [7, 11) is 4.64. The number of fused-ring (bicyclic) bond motifs is 1. The van der Waals surface area contributed by atoms with Crippen molar-refractivity contribution in [3.8, 4) is 22.5 Å². The smallest absolute Gasteiger partial charge is 0.326 e. The molecule has 1 aliphatic rings. The van der Waals surface area contributed by atoms with E-state index in [1.807, 2.05) is 25.1 Å². The van der Waals surface area contributed by atoms with Crippen LogP contribution in [0.25, 0.3) is 33.5 Å². The van der Waals surface area contributed by atoms with Crippen LogP contribution in [0.5, 0.6) is 0 Å². The van der Waals surface area contributed by atoms with Gasteiger partial charge >= 0.3 is 5.97 Å². The lowest BCUT2D eigenvalue weighted by atomic mass is 9.96. The predicted octanol–water partition coefficient (Wildman–Crippen LogP) is 5.95. The number of aryl methyl sites for hydroxylation is 1. The van der Waals surface area contributed by atoms with Crippen molar-refractivity contribution in [1.29, 1.82) is 0 Å². The summed E-state index contributed by atoms with van der Waals surface area (Å²) in [6.45, 7) is 7.07. The van der Waals surface area contributed by atoms with Crippen LogP contribution in [0.1, 0.15) is 38.2 Å². The summed E-state index contributed by atoms with van der Waals surface area (Å²) in [5.41, 5.74) is 11.5. The number of ether oxygens (including phenoxy) is 3. The molecule has 2 amide bonds. The molecule has 1 saturated heterocycles. The molecule has 1 unspecified atom stereocenters. The Hall–Kier alpha value is -4.17. The molecule has 1 fully saturated rings. The normalized spacial score (nSPS) is 13.7. The van der Waals surface area contributed by atoms with Gasteiger partial charge in [0, 0.05) is 60.9 Å². The summed E-state index contributed by atoms with van der Waals surface area (Å²) in [5, 5.41) is 15.8. The Labute approximate surface area is 362 Å². The Bertz CT molecular complexity index is 2040. The Balaban J connectivity index is 1.06. The molecule has 0 radical (unpaired) electrons. The first-order chi connectivity index (χ1) is 28.9. The minimum Gasteiger partial charge on any atom is -0.480 e. The van der Waals surface area contributed by atoms with Crippen molar-refractivity contribution in [3.63, 3.8) is 0 Å². The lowest BCUT2D eigenvalue weighted by Gasteiger charge is -2.35. The molecule has 2 aromatic heterocycles. The molecule has 1 atom stereocenters. The lowest BCUT2D eigenvalue weighted by Crippen LogP contribution is -2.40. The lowest BCUT2D eigenvalue weighted by molar-refractivity contribution is -0.148. The van der Waals surface area contributed by atoms with Crippen molar-refractivity contribution in [2.45, 2.75) is 51.6 Å². The molecule has 326 valence electrons. The number of hydrogen-bond acceptors (Lipinski definition) is 13. The minimum atomic E-state index is -1.03. The number of nitrogens with one attached hydrogen (secondary N) is 3. The Morgan fingerprint density at radius 2 is 1.73 bits per heavy atom. The summed E-state index contributed by atoms with van der Waals surface area (Å²) < 4.78 is 31.5. The number of anilines is 2. The molecular weight excluding hydrogens is 835 g/mol. The third-order valence-electron chi connectivity index (χ3n) is 9.83. The van der Waals surface area contributed by atoms with Gasteiger partial charge in [-0.25, -0.2) is 19.2 Å². The van der Waals surface area contributed by atoms with E-state index in [4.69, 9.17) is 46.6 Å². The summed E-state index contributed by atoms with van der Waals surface area (Å²) in [4.78, 5) is 52.5. The fraction of sp³-hybridized carbons (Fsp3) is 0.488. The molecule has 0 aliphatic carbocycles. The van der Waals surface area contributed by atoms with Crippen LogP contribution in [0.3, 0.4) is 0 Å². The average Bonchev–Trinajstić information content (AvgIpc) is 3.64. The first-order valence-electron chi connectivity index (χ1n) is 19.8. The highest BCUT2D eigenvalue weighted by Crippen LogP contribution is 2.44. The van der Waals surface area contributed by atoms with Crippen LogP contribution < -0.4 is 21.3 Å². The Kier molecular flexibility index (Phi) is 18.5. The molecule has 0 bridgehead atoms. The molecule has 1 aliphatic heterocycles. The quantitative estimate of drug-likeness (QED) is 0.0315. The molecule has 4 aromatic rings. The number of likely N-dealkylation sites (N-methyl/N-ethyl adjacent to an activating group) is 1. The summed E-state index contributed by atoms with van der Waals surface area (Å²) >= 11 is 6.33. The number of hydrogen-bond donors (Lipinski definition) is 5. The van der Waals surface area contributed by atoms with E-state index in [2.05, 4.69) is 20.5 Å². The van der Waals surface area contributed by atoms with E-state index in [0.29, 0.717) is 79.7 Å². The first-order valence-corrected chi connectivity index (χ1v) is 22.7. The molecular formula is C41H54ClFN8O7S2. The van der Waals surface area contributed by atoms with Crippen molar-refractivity contribution >= 4 is 73.5 Å². The van der Waals surface area contributed by atoms with E-state index < -0.39 is 12.0 Å². The molecule has 3 heterocycles. The number of amides is 2. The molecule has 6 N–H and O–H groups in total. The highest BCUT2D eigenvalue weighted by molar-refractivity contribution is 8.76. The van der Waals surface area contributed by atoms with Gasteiger partial charge in [0.05, 0.1) is 75.0 Å². The van der Waals surface area contributed by atoms with E-state index in [1.165, 1.54) is 31.0 Å². The van der Waals surface area contributed by atoms with E-state index >= 15 is 0 Å². The third-order valence-corrected chi connectivity index (χ3v) is 12.4. The zero-order chi connectivity index (χ0) is 43.0. The fourth-order valence-corrected chi connectivity index (χ4v) is 8.45. The van der Waals surface area contributed by atoms with Gasteiger partial charge in [-0.1, -0.05) is 39.3 Å². The maximum atomic E-state index is 14.8. The van der Waals surface area contributed by atoms with Crippen LogP contribution in [0.4, 0.5) is 15.9 Å². The minimum absolute atomic E-state index is 0.0825. The number of piperidine rings is 1. The third kappa shape index (κ3) is 13.9. The number of carboxylic acid groups (broad SMARTS) is 1. The Morgan fingerprint density at radius 3 is 2.45 bits per heavy atom. The fourth-order valence-electron chi connectivity index (χ4n) is 6.43. The average molecular weight is 890 g/mol. The summed E-state index contributed by atoms with van der Waals surface area (Å²) in [5.74, 6) is 0.590. The van der Waals surface area contributed by atoms with E-state index in [1.54, 1.807) is 33.9 Å². The predicted molar refractivity (Wildman–Crippen MR) is 237 cm³/mol. The molecule has 60 heavy (non-hydrogen) atoms.